The van der Waals surface area contributed by atoms with E-state index < -0.39 is 16.0 Å². The van der Waals surface area contributed by atoms with Crippen molar-refractivity contribution < 1.29 is 23.1 Å². The van der Waals surface area contributed by atoms with Crippen LogP contribution in [0.15, 0.2) is 83.8 Å². The van der Waals surface area contributed by atoms with Gasteiger partial charge in [-0.2, -0.15) is 0 Å². The van der Waals surface area contributed by atoms with E-state index in [1.165, 1.54) is 11.1 Å². The summed E-state index contributed by atoms with van der Waals surface area (Å²) in [5.74, 6) is -0.474. The summed E-state index contributed by atoms with van der Waals surface area (Å²) in [5, 5.41) is 9.02. The molecule has 4 atom stereocenters. The maximum Gasteiger partial charge on any atom is 0.303 e. The lowest BCUT2D eigenvalue weighted by Crippen LogP contribution is -2.44. The van der Waals surface area contributed by atoms with Crippen molar-refractivity contribution in [2.24, 2.45) is 11.8 Å². The van der Waals surface area contributed by atoms with E-state index in [1.807, 2.05) is 37.3 Å². The number of sulfonamides is 1. The SMILES string of the molecule is Cc1ccc(S(=O)(=O)NC[C@@H]2C3CC(c4ccc(-c5ccccc5)cc4)(CO3)[C@H]2CCCCCC(=O)O)cc1. The van der Waals surface area contributed by atoms with E-state index in [9.17, 15) is 13.2 Å². The van der Waals surface area contributed by atoms with Crippen LogP contribution >= 0.6 is 0 Å². The number of carbonyl (C=O) groups is 1. The van der Waals surface area contributed by atoms with E-state index >= 15 is 0 Å². The fourth-order valence-electron chi connectivity index (χ4n) is 6.56. The molecule has 6 nitrogen and oxygen atoms in total. The molecule has 1 aliphatic heterocycles. The van der Waals surface area contributed by atoms with Crippen LogP contribution in [-0.4, -0.2) is 38.7 Å². The maximum absolute atomic E-state index is 13.1. The van der Waals surface area contributed by atoms with Crippen LogP contribution in [0.4, 0.5) is 0 Å². The van der Waals surface area contributed by atoms with Gasteiger partial charge in [0, 0.05) is 24.3 Å². The third-order valence-electron chi connectivity index (χ3n) is 8.64. The number of carboxylic acids is 1. The van der Waals surface area contributed by atoms with E-state index in [0.717, 1.165) is 36.8 Å². The molecule has 0 spiro atoms. The summed E-state index contributed by atoms with van der Waals surface area (Å²) in [4.78, 5) is 11.2. The fourth-order valence-corrected chi connectivity index (χ4v) is 7.64. The Hall–Kier alpha value is -3.00. The van der Waals surface area contributed by atoms with Gasteiger partial charge in [0.1, 0.15) is 0 Å². The first-order chi connectivity index (χ1) is 18.8. The van der Waals surface area contributed by atoms with Crippen molar-refractivity contribution in [2.75, 3.05) is 13.2 Å². The first kappa shape index (κ1) is 27.6. The highest BCUT2D eigenvalue weighted by molar-refractivity contribution is 7.89. The van der Waals surface area contributed by atoms with Gasteiger partial charge in [-0.25, -0.2) is 13.1 Å². The molecule has 206 valence electrons. The normalized spacial score (nSPS) is 24.2. The lowest BCUT2D eigenvalue weighted by atomic mass is 9.68. The summed E-state index contributed by atoms with van der Waals surface area (Å²) in [6.07, 6.45) is 4.37. The lowest BCUT2D eigenvalue weighted by Gasteiger charge is -2.40. The first-order valence-corrected chi connectivity index (χ1v) is 15.3. The van der Waals surface area contributed by atoms with Crippen LogP contribution < -0.4 is 4.72 Å². The van der Waals surface area contributed by atoms with Crippen molar-refractivity contribution in [2.45, 2.75) is 61.9 Å². The topological polar surface area (TPSA) is 92.7 Å². The Morgan fingerprint density at radius 1 is 0.949 bits per heavy atom. The highest BCUT2D eigenvalue weighted by Crippen LogP contribution is 2.56. The van der Waals surface area contributed by atoms with Crippen molar-refractivity contribution in [3.8, 4) is 11.1 Å². The van der Waals surface area contributed by atoms with Crippen LogP contribution in [-0.2, 0) is 25.0 Å². The van der Waals surface area contributed by atoms with Crippen LogP contribution in [0, 0.1) is 18.8 Å². The molecular formula is C32H37NO5S. The predicted molar refractivity (Wildman–Crippen MR) is 152 cm³/mol. The summed E-state index contributed by atoms with van der Waals surface area (Å²) in [6.45, 7) is 2.89. The second-order valence-corrected chi connectivity index (χ2v) is 12.8. The second kappa shape index (κ2) is 11.6. The number of fused-ring (bicyclic) bond motifs is 2. The van der Waals surface area contributed by atoms with Gasteiger partial charge in [-0.1, -0.05) is 85.1 Å². The van der Waals surface area contributed by atoms with E-state index in [4.69, 9.17) is 9.84 Å². The molecule has 1 saturated heterocycles. The third-order valence-corrected chi connectivity index (χ3v) is 10.1. The smallest absolute Gasteiger partial charge is 0.303 e. The zero-order valence-electron chi connectivity index (χ0n) is 22.4. The average Bonchev–Trinajstić information content (AvgIpc) is 3.51. The van der Waals surface area contributed by atoms with Gasteiger partial charge >= 0.3 is 5.97 Å². The number of carboxylic acid groups (broad SMARTS) is 1. The molecule has 0 amide bonds. The van der Waals surface area contributed by atoms with Crippen LogP contribution in [0.1, 0.15) is 49.7 Å². The molecule has 5 rings (SSSR count). The Bertz CT molecular complexity index is 1370. The molecule has 3 aromatic carbocycles. The van der Waals surface area contributed by atoms with Crippen LogP contribution in [0.25, 0.3) is 11.1 Å². The van der Waals surface area contributed by atoms with Crippen molar-refractivity contribution in [3.05, 3.63) is 90.0 Å². The number of rotatable bonds is 12. The zero-order chi connectivity index (χ0) is 27.5. The molecule has 7 heteroatoms. The number of hydrogen-bond donors (Lipinski definition) is 2. The lowest BCUT2D eigenvalue weighted by molar-refractivity contribution is -0.137. The molecule has 2 aliphatic rings. The van der Waals surface area contributed by atoms with E-state index in [0.29, 0.717) is 19.6 Å². The van der Waals surface area contributed by atoms with Crippen molar-refractivity contribution in [3.63, 3.8) is 0 Å². The molecule has 0 radical (unpaired) electrons. The molecule has 0 aromatic heterocycles. The van der Waals surface area contributed by atoms with Gasteiger partial charge in [-0.15, -0.1) is 0 Å². The Balaban J connectivity index is 1.36. The van der Waals surface area contributed by atoms with Gasteiger partial charge in [0.05, 0.1) is 17.6 Å². The van der Waals surface area contributed by atoms with E-state index in [2.05, 4.69) is 41.1 Å². The number of ether oxygens (including phenoxy) is 1. The van der Waals surface area contributed by atoms with Crippen LogP contribution in [0.3, 0.4) is 0 Å². The largest absolute Gasteiger partial charge is 0.481 e. The van der Waals surface area contributed by atoms with Crippen molar-refractivity contribution in [1.82, 2.24) is 4.72 Å². The molecule has 1 saturated carbocycles. The van der Waals surface area contributed by atoms with Gasteiger partial charge in [-0.05, 0) is 60.9 Å². The summed E-state index contributed by atoms with van der Waals surface area (Å²) in [5.41, 5.74) is 4.42. The molecule has 3 aromatic rings. The molecule has 2 unspecified atom stereocenters. The number of hydrogen-bond acceptors (Lipinski definition) is 4. The minimum absolute atomic E-state index is 0.0106. The highest BCUT2D eigenvalue weighted by Gasteiger charge is 2.59. The average molecular weight is 548 g/mol. The summed E-state index contributed by atoms with van der Waals surface area (Å²) >= 11 is 0. The predicted octanol–water partition coefficient (Wildman–Crippen LogP) is 5.95. The number of aryl methyl sites for hydroxylation is 1. The van der Waals surface area contributed by atoms with Gasteiger partial charge in [0.25, 0.3) is 0 Å². The molecule has 1 aliphatic carbocycles. The minimum atomic E-state index is -3.63. The first-order valence-electron chi connectivity index (χ1n) is 13.8. The Morgan fingerprint density at radius 3 is 2.33 bits per heavy atom. The molecule has 2 fully saturated rings. The molecule has 2 bridgehead atoms. The highest BCUT2D eigenvalue weighted by atomic mass is 32.2. The van der Waals surface area contributed by atoms with E-state index in [1.54, 1.807) is 12.1 Å². The summed E-state index contributed by atoms with van der Waals surface area (Å²) in [7, 11) is -3.63. The van der Waals surface area contributed by atoms with Crippen LogP contribution in [0.2, 0.25) is 0 Å². The second-order valence-electron chi connectivity index (χ2n) is 11.1. The number of nitrogens with one attached hydrogen (secondary N) is 1. The quantitative estimate of drug-likeness (QED) is 0.274. The number of aliphatic carboxylic acids is 1. The monoisotopic (exact) mass is 547 g/mol. The van der Waals surface area contributed by atoms with Crippen molar-refractivity contribution >= 4 is 16.0 Å². The van der Waals surface area contributed by atoms with Crippen LogP contribution in [0.5, 0.6) is 0 Å². The molecule has 39 heavy (non-hydrogen) atoms. The molecule has 2 N–H and O–H groups in total. The summed E-state index contributed by atoms with van der Waals surface area (Å²) in [6, 6.07) is 26.0. The molecular weight excluding hydrogens is 510 g/mol. The van der Waals surface area contributed by atoms with Crippen molar-refractivity contribution in [1.29, 1.82) is 0 Å². The van der Waals surface area contributed by atoms with Gasteiger partial charge < -0.3 is 9.84 Å². The van der Waals surface area contributed by atoms with Gasteiger partial charge in [0.2, 0.25) is 10.0 Å². The fraction of sp³-hybridized carbons (Fsp3) is 0.406. The Morgan fingerprint density at radius 2 is 1.64 bits per heavy atom. The van der Waals surface area contributed by atoms with E-state index in [-0.39, 0.29) is 34.7 Å². The zero-order valence-corrected chi connectivity index (χ0v) is 23.2. The number of unbranched alkanes of at least 4 members (excludes halogenated alkanes) is 2. The molecule has 1 heterocycles. The summed E-state index contributed by atoms with van der Waals surface area (Å²) < 4.78 is 35.4. The third kappa shape index (κ3) is 5.96. The standard InChI is InChI=1S/C32H37NO5S/c1-23-12-18-27(19-13-23)39(36,37)33-21-28-29(10-6-3-7-11-31(34)35)32(20-30(28)38-22-32)26-16-14-25(15-17-26)24-8-4-2-5-9-24/h2,4-5,8-9,12-19,28-30,33H,3,6-7,10-11,20-22H2,1H3,(H,34,35)/t28-,29-,30?,32?/m0/s1. The minimum Gasteiger partial charge on any atom is -0.481 e. The van der Waals surface area contributed by atoms with Gasteiger partial charge in [-0.3, -0.25) is 4.79 Å². The number of benzene rings is 3. The Labute approximate surface area is 231 Å². The maximum atomic E-state index is 13.1. The Kier molecular flexibility index (Phi) is 8.21. The van der Waals surface area contributed by atoms with Gasteiger partial charge in [0.15, 0.2) is 0 Å².